The Hall–Kier alpha value is -4.52. The minimum atomic E-state index is -0.708. The molecule has 0 saturated heterocycles. The van der Waals surface area contributed by atoms with E-state index >= 15 is 0 Å². The van der Waals surface area contributed by atoms with Crippen LogP contribution in [0.5, 0.6) is 0 Å². The molecule has 2 aromatic carbocycles. The average molecular weight is 804 g/mol. The van der Waals surface area contributed by atoms with Crippen LogP contribution >= 0.6 is 11.3 Å². The first-order valence-electron chi connectivity index (χ1n) is 20.9. The molecule has 4 fully saturated rings. The molecule has 10 rings (SSSR count). The summed E-state index contributed by atoms with van der Waals surface area (Å²) in [6.07, 6.45) is 15.4. The van der Waals surface area contributed by atoms with Gasteiger partial charge >= 0.3 is 5.97 Å². The lowest BCUT2D eigenvalue weighted by molar-refractivity contribution is -0.247. The van der Waals surface area contributed by atoms with Crippen LogP contribution < -0.4 is 16.0 Å². The number of para-hydroxylation sites is 1. The van der Waals surface area contributed by atoms with Crippen LogP contribution in [0.4, 0.5) is 10.8 Å². The van der Waals surface area contributed by atoms with Gasteiger partial charge in [0.05, 0.1) is 40.0 Å². The summed E-state index contributed by atoms with van der Waals surface area (Å²) in [4.78, 5) is 37.1. The number of nitrogens with zero attached hydrogens (tertiary/aromatic N) is 5. The van der Waals surface area contributed by atoms with Crippen molar-refractivity contribution >= 4 is 44.2 Å². The summed E-state index contributed by atoms with van der Waals surface area (Å²) < 4.78 is 16.0. The van der Waals surface area contributed by atoms with E-state index in [4.69, 9.17) is 20.3 Å². The van der Waals surface area contributed by atoms with Crippen molar-refractivity contribution in [2.45, 2.75) is 117 Å². The Morgan fingerprint density at radius 3 is 2.53 bits per heavy atom. The number of allylic oxidation sites excluding steroid dienone is 2. The van der Waals surface area contributed by atoms with Gasteiger partial charge in [-0.2, -0.15) is 5.10 Å². The molecular weight excluding hydrogens is 747 g/mol. The Morgan fingerprint density at radius 1 is 1.02 bits per heavy atom. The van der Waals surface area contributed by atoms with E-state index < -0.39 is 11.6 Å². The molecule has 4 saturated carbocycles. The number of anilines is 2. The number of nitrogens with two attached hydrogens (primary N) is 1. The molecule has 2 aromatic heterocycles. The van der Waals surface area contributed by atoms with Crippen molar-refractivity contribution in [2.75, 3.05) is 29.9 Å². The van der Waals surface area contributed by atoms with E-state index in [2.05, 4.69) is 57.7 Å². The van der Waals surface area contributed by atoms with Gasteiger partial charge in [0.1, 0.15) is 11.4 Å². The highest BCUT2D eigenvalue weighted by Crippen LogP contribution is 2.72. The fourth-order valence-corrected chi connectivity index (χ4v) is 13.1. The normalized spacial score (nSPS) is 28.8. The highest BCUT2D eigenvalue weighted by molar-refractivity contribution is 7.22. The summed E-state index contributed by atoms with van der Waals surface area (Å²) >= 11 is 1.47. The largest absolute Gasteiger partial charge is 0.458 e. The zero-order valence-electron chi connectivity index (χ0n) is 34.8. The number of hydrogen-bond donors (Lipinski definition) is 2. The average Bonchev–Trinajstić information content (AvgIpc) is 3.72. The third-order valence-electron chi connectivity index (χ3n) is 13.1. The van der Waals surface area contributed by atoms with Gasteiger partial charge in [0.2, 0.25) is 0 Å². The van der Waals surface area contributed by atoms with E-state index in [1.54, 1.807) is 0 Å². The highest BCUT2D eigenvalue weighted by Gasteiger charge is 2.66. The number of rotatable bonds is 10. The van der Waals surface area contributed by atoms with E-state index in [1.807, 2.05) is 75.5 Å². The topological polar surface area (TPSA) is 128 Å². The predicted octanol–water partition coefficient (Wildman–Crippen LogP) is 8.13. The number of carbonyl (C=O) groups excluding carboxylic acids is 2. The fraction of sp³-hybridized carbons (Fsp3) is 0.522. The second-order valence-electron chi connectivity index (χ2n) is 19.6. The molecule has 11 nitrogen and oxygen atoms in total. The van der Waals surface area contributed by atoms with E-state index in [-0.39, 0.29) is 33.7 Å². The monoisotopic (exact) mass is 803 g/mol. The number of amides is 1. The van der Waals surface area contributed by atoms with Gasteiger partial charge in [-0.1, -0.05) is 61.6 Å². The van der Waals surface area contributed by atoms with Crippen LogP contribution in [0.25, 0.3) is 10.2 Å². The molecule has 12 heteroatoms. The first kappa shape index (κ1) is 39.0. The van der Waals surface area contributed by atoms with Crippen LogP contribution in [0, 0.1) is 23.2 Å². The molecule has 4 bridgehead atoms. The zero-order chi connectivity index (χ0) is 40.7. The Kier molecular flexibility index (Phi) is 9.44. The quantitative estimate of drug-likeness (QED) is 0.153. The van der Waals surface area contributed by atoms with Gasteiger partial charge in [0.25, 0.3) is 5.91 Å². The van der Waals surface area contributed by atoms with Crippen molar-refractivity contribution in [3.63, 3.8) is 0 Å². The molecular formula is C46H57N7O4S. The number of esters is 1. The standard InChI is InChI=1S/C46H57N7O4S/c1-30-36(21-48-52(30)29-45-24-43(5)23-44(6,25-45)27-46(26-43,28-45)56-20-18-47)53-35(40(55)57-42(2,3)4)14-10-16-38(53)51-19-17-31-11-9-12-32(33(31)22-51)39(54)50-41-49-34-13-7-8-15-37(34)58-41/h7-16,21,35H,17-20,22-29,47H2,1-6H3,(H,49,50,54). The molecule has 4 heterocycles. The van der Waals surface area contributed by atoms with E-state index in [0.29, 0.717) is 36.9 Å². The van der Waals surface area contributed by atoms with Gasteiger partial charge in [-0.05, 0) is 124 Å². The molecule has 3 atom stereocenters. The summed E-state index contributed by atoms with van der Waals surface area (Å²) in [7, 11) is 0. The lowest BCUT2D eigenvalue weighted by atomic mass is 9.39. The van der Waals surface area contributed by atoms with Gasteiger partial charge in [-0.15, -0.1) is 0 Å². The second kappa shape index (κ2) is 14.1. The second-order valence-corrected chi connectivity index (χ2v) is 20.6. The van der Waals surface area contributed by atoms with Crippen LogP contribution in [-0.2, 0) is 33.8 Å². The molecule has 0 spiro atoms. The molecule has 306 valence electrons. The molecule has 4 aromatic rings. The number of carbonyl (C=O) groups is 2. The summed E-state index contributed by atoms with van der Waals surface area (Å²) in [5.74, 6) is 0.367. The number of fused-ring (bicyclic) bond motifs is 2. The Balaban J connectivity index is 1.03. The Bertz CT molecular complexity index is 2290. The molecule has 4 aliphatic carbocycles. The minimum Gasteiger partial charge on any atom is -0.458 e. The number of hydrogen-bond acceptors (Lipinski definition) is 10. The zero-order valence-corrected chi connectivity index (χ0v) is 35.6. The van der Waals surface area contributed by atoms with Crippen molar-refractivity contribution < 1.29 is 19.1 Å². The van der Waals surface area contributed by atoms with Gasteiger partial charge < -0.3 is 25.0 Å². The number of aromatic nitrogens is 3. The summed E-state index contributed by atoms with van der Waals surface area (Å²) in [6, 6.07) is 13.2. The summed E-state index contributed by atoms with van der Waals surface area (Å²) in [6.45, 7) is 15.9. The Labute approximate surface area is 345 Å². The smallest absolute Gasteiger partial charge is 0.333 e. The maximum Gasteiger partial charge on any atom is 0.333 e. The van der Waals surface area contributed by atoms with Crippen molar-refractivity contribution in [1.82, 2.24) is 19.7 Å². The first-order valence-corrected chi connectivity index (χ1v) is 21.7. The van der Waals surface area contributed by atoms with Crippen molar-refractivity contribution in [3.8, 4) is 0 Å². The van der Waals surface area contributed by atoms with Gasteiger partial charge in [-0.25, -0.2) is 9.78 Å². The first-order chi connectivity index (χ1) is 27.6. The van der Waals surface area contributed by atoms with Crippen molar-refractivity contribution in [1.29, 1.82) is 0 Å². The van der Waals surface area contributed by atoms with Gasteiger partial charge in [0, 0.05) is 31.7 Å². The Morgan fingerprint density at radius 2 is 1.79 bits per heavy atom. The van der Waals surface area contributed by atoms with Crippen LogP contribution in [0.15, 0.2) is 72.7 Å². The van der Waals surface area contributed by atoms with Crippen LogP contribution in [0.2, 0.25) is 0 Å². The maximum atomic E-state index is 14.1. The molecule has 6 aliphatic rings. The third-order valence-corrected chi connectivity index (χ3v) is 14.0. The maximum absolute atomic E-state index is 14.1. The van der Waals surface area contributed by atoms with Gasteiger partial charge in [-0.3, -0.25) is 14.8 Å². The fourth-order valence-electron chi connectivity index (χ4n) is 12.3. The number of benzene rings is 2. The van der Waals surface area contributed by atoms with Crippen LogP contribution in [-0.4, -0.2) is 68.5 Å². The van der Waals surface area contributed by atoms with Crippen LogP contribution in [0.1, 0.15) is 100 Å². The number of ether oxygens (including phenoxy) is 2. The summed E-state index contributed by atoms with van der Waals surface area (Å²) in [5.41, 5.74) is 11.1. The minimum absolute atomic E-state index is 0.0465. The molecule has 3 N–H and O–H groups in total. The van der Waals surface area contributed by atoms with Crippen molar-refractivity contribution in [3.05, 3.63) is 95.1 Å². The molecule has 3 unspecified atom stereocenters. The van der Waals surface area contributed by atoms with Crippen LogP contribution in [0.3, 0.4) is 0 Å². The lowest BCUT2D eigenvalue weighted by Crippen LogP contribution is -2.64. The van der Waals surface area contributed by atoms with Crippen molar-refractivity contribution in [2.24, 2.45) is 22.0 Å². The lowest BCUT2D eigenvalue weighted by Gasteiger charge is -2.69. The van der Waals surface area contributed by atoms with E-state index in [1.165, 1.54) is 17.8 Å². The molecule has 2 aliphatic heterocycles. The van der Waals surface area contributed by atoms with E-state index in [9.17, 15) is 9.59 Å². The molecule has 1 amide bonds. The summed E-state index contributed by atoms with van der Waals surface area (Å²) in [5, 5.41) is 8.76. The number of nitrogens with one attached hydrogen (secondary N) is 1. The van der Waals surface area contributed by atoms with E-state index in [0.717, 1.165) is 83.6 Å². The predicted molar refractivity (Wildman–Crippen MR) is 229 cm³/mol. The number of thiazole rings is 1. The molecule has 58 heavy (non-hydrogen) atoms. The SMILES string of the molecule is Cc1c(N2C(N3CCc4cccc(C(=O)Nc5nc6ccccc6s5)c4C3)=CC=CC2C(=O)OC(C)(C)C)cnn1CC12CC3(C)CC(C)(C1)CC(OCCN)(C3)C2. The highest BCUT2D eigenvalue weighted by atomic mass is 32.1. The third kappa shape index (κ3) is 7.15. The van der Waals surface area contributed by atoms with Gasteiger partial charge in [0.15, 0.2) is 11.2 Å². The molecule has 0 radical (unpaired) electrons.